The fourth-order valence-corrected chi connectivity index (χ4v) is 3.10. The van der Waals surface area contributed by atoms with Crippen LogP contribution in [0.5, 0.6) is 5.75 Å². The van der Waals surface area contributed by atoms with Crippen molar-refractivity contribution in [3.05, 3.63) is 28.8 Å². The number of hydrogen-bond donors (Lipinski definition) is 0. The first-order valence-electron chi connectivity index (χ1n) is 6.85. The van der Waals surface area contributed by atoms with Crippen molar-refractivity contribution < 1.29 is 19.1 Å². The van der Waals surface area contributed by atoms with Crippen molar-refractivity contribution >= 4 is 11.8 Å². The molecule has 1 aliphatic heterocycles. The molecule has 0 spiro atoms. The Morgan fingerprint density at radius 2 is 1.95 bits per heavy atom. The van der Waals surface area contributed by atoms with E-state index in [1.807, 2.05) is 26.0 Å². The van der Waals surface area contributed by atoms with Crippen molar-refractivity contribution in [1.82, 2.24) is 0 Å². The van der Waals surface area contributed by atoms with E-state index in [1.54, 1.807) is 0 Å². The summed E-state index contributed by atoms with van der Waals surface area (Å²) in [4.78, 5) is 23.9. The predicted molar refractivity (Wildman–Crippen MR) is 73.0 cm³/mol. The van der Waals surface area contributed by atoms with Gasteiger partial charge < -0.3 is 9.47 Å². The van der Waals surface area contributed by atoms with Crippen LogP contribution in [0, 0.1) is 5.92 Å². The van der Waals surface area contributed by atoms with Gasteiger partial charge in [-0.15, -0.1) is 0 Å². The van der Waals surface area contributed by atoms with E-state index in [0.717, 1.165) is 11.1 Å². The van der Waals surface area contributed by atoms with E-state index in [9.17, 15) is 9.59 Å². The number of ether oxygens (including phenoxy) is 2. The first kappa shape index (κ1) is 13.2. The van der Waals surface area contributed by atoms with E-state index >= 15 is 0 Å². The Labute approximate surface area is 118 Å². The third kappa shape index (κ3) is 2.09. The summed E-state index contributed by atoms with van der Waals surface area (Å²) in [6.07, 6.45) is 1.69. The van der Waals surface area contributed by atoms with Gasteiger partial charge in [0.05, 0.1) is 25.0 Å². The molecule has 4 nitrogen and oxygen atoms in total. The number of hydrogen-bond acceptors (Lipinski definition) is 4. The molecule has 1 aromatic carbocycles. The highest BCUT2D eigenvalue weighted by Crippen LogP contribution is 2.38. The second kappa shape index (κ2) is 4.33. The average Bonchev–Trinajstić information content (AvgIpc) is 2.77. The highest BCUT2D eigenvalue weighted by atomic mass is 16.5. The molecule has 20 heavy (non-hydrogen) atoms. The summed E-state index contributed by atoms with van der Waals surface area (Å²) in [6.45, 7) is 3.83. The van der Waals surface area contributed by atoms with Gasteiger partial charge in [0.2, 0.25) is 0 Å². The number of fused-ring (bicyclic) bond motifs is 2. The van der Waals surface area contributed by atoms with Crippen molar-refractivity contribution in [3.63, 3.8) is 0 Å². The molecule has 3 rings (SSSR count). The van der Waals surface area contributed by atoms with Crippen LogP contribution in [-0.2, 0) is 22.4 Å². The predicted octanol–water partition coefficient (Wildman–Crippen LogP) is 2.32. The number of esters is 1. The van der Waals surface area contributed by atoms with Gasteiger partial charge in [-0.2, -0.15) is 0 Å². The van der Waals surface area contributed by atoms with E-state index < -0.39 is 5.60 Å². The van der Waals surface area contributed by atoms with Crippen LogP contribution < -0.4 is 4.74 Å². The zero-order chi connectivity index (χ0) is 14.5. The maximum Gasteiger partial charge on any atom is 0.309 e. The van der Waals surface area contributed by atoms with Crippen LogP contribution in [0.4, 0.5) is 0 Å². The van der Waals surface area contributed by atoms with Crippen LogP contribution in [0.25, 0.3) is 0 Å². The fraction of sp³-hybridized carbons (Fsp3) is 0.500. The molecule has 1 aliphatic carbocycles. The topological polar surface area (TPSA) is 52.6 Å². The van der Waals surface area contributed by atoms with Crippen molar-refractivity contribution in [2.45, 2.75) is 38.7 Å². The van der Waals surface area contributed by atoms with Crippen molar-refractivity contribution in [1.29, 1.82) is 0 Å². The molecule has 4 heteroatoms. The first-order valence-corrected chi connectivity index (χ1v) is 6.85. The van der Waals surface area contributed by atoms with Crippen LogP contribution in [0.15, 0.2) is 12.1 Å². The monoisotopic (exact) mass is 274 g/mol. The lowest BCUT2D eigenvalue weighted by Crippen LogP contribution is -2.36. The largest absolute Gasteiger partial charge is 0.487 e. The minimum Gasteiger partial charge on any atom is -0.487 e. The molecule has 0 aromatic heterocycles. The molecule has 0 amide bonds. The number of benzene rings is 1. The van der Waals surface area contributed by atoms with Gasteiger partial charge in [-0.1, -0.05) is 0 Å². The Hall–Kier alpha value is -1.84. The molecule has 0 N–H and O–H groups in total. The average molecular weight is 274 g/mol. The minimum atomic E-state index is -0.460. The standard InChI is InChI=1S/C16H18O4/c1-16(2)8-13(17)12-6-9-4-11(15(18)19-3)5-10(9)7-14(12)20-16/h6-7,11H,4-5,8H2,1-3H3. The quantitative estimate of drug-likeness (QED) is 0.737. The number of carbonyl (C=O) groups is 2. The zero-order valence-corrected chi connectivity index (χ0v) is 12.0. The third-order valence-electron chi connectivity index (χ3n) is 4.04. The van der Waals surface area contributed by atoms with Crippen molar-refractivity contribution in [2.75, 3.05) is 7.11 Å². The SMILES string of the molecule is COC(=O)C1Cc2cc3c(cc2C1)C(=O)CC(C)(C)O3. The highest BCUT2D eigenvalue weighted by Gasteiger charge is 2.35. The molecule has 1 aromatic rings. The van der Waals surface area contributed by atoms with E-state index in [4.69, 9.17) is 9.47 Å². The Morgan fingerprint density at radius 3 is 2.60 bits per heavy atom. The van der Waals surface area contributed by atoms with Crippen LogP contribution in [0.1, 0.15) is 41.8 Å². The third-order valence-corrected chi connectivity index (χ3v) is 4.04. The van der Waals surface area contributed by atoms with Crippen LogP contribution >= 0.6 is 0 Å². The van der Waals surface area contributed by atoms with Gasteiger partial charge >= 0.3 is 5.97 Å². The van der Waals surface area contributed by atoms with Crippen LogP contribution in [0.3, 0.4) is 0 Å². The summed E-state index contributed by atoms with van der Waals surface area (Å²) in [5.74, 6) is 0.435. The van der Waals surface area contributed by atoms with E-state index in [-0.39, 0.29) is 17.7 Å². The lowest BCUT2D eigenvalue weighted by atomic mass is 9.91. The van der Waals surface area contributed by atoms with Crippen molar-refractivity contribution in [3.8, 4) is 5.75 Å². The highest BCUT2D eigenvalue weighted by molar-refractivity contribution is 6.00. The summed E-state index contributed by atoms with van der Waals surface area (Å²) >= 11 is 0. The molecule has 0 saturated heterocycles. The normalized spacial score (nSPS) is 22.8. The van der Waals surface area contributed by atoms with Gasteiger partial charge in [0.25, 0.3) is 0 Å². The lowest BCUT2D eigenvalue weighted by molar-refractivity contribution is -0.145. The molecule has 106 valence electrons. The van der Waals surface area contributed by atoms with E-state index in [1.165, 1.54) is 7.11 Å². The molecular weight excluding hydrogens is 256 g/mol. The number of methoxy groups -OCH3 is 1. The second-order valence-corrected chi connectivity index (χ2v) is 6.21. The van der Waals surface area contributed by atoms with Crippen LogP contribution in [-0.4, -0.2) is 24.5 Å². The van der Waals surface area contributed by atoms with E-state index in [0.29, 0.717) is 30.6 Å². The van der Waals surface area contributed by atoms with Gasteiger partial charge in [-0.05, 0) is 49.9 Å². The zero-order valence-electron chi connectivity index (χ0n) is 12.0. The van der Waals surface area contributed by atoms with Gasteiger partial charge in [-0.25, -0.2) is 0 Å². The molecule has 0 bridgehead atoms. The molecule has 0 saturated carbocycles. The summed E-state index contributed by atoms with van der Waals surface area (Å²) in [5.41, 5.74) is 2.34. The Morgan fingerprint density at radius 1 is 1.30 bits per heavy atom. The van der Waals surface area contributed by atoms with Crippen LogP contribution in [0.2, 0.25) is 0 Å². The Bertz CT molecular complexity index is 601. The van der Waals surface area contributed by atoms with E-state index in [2.05, 4.69) is 0 Å². The number of rotatable bonds is 1. The van der Waals surface area contributed by atoms with Crippen molar-refractivity contribution in [2.24, 2.45) is 5.92 Å². The number of ketones is 1. The maximum absolute atomic E-state index is 12.2. The van der Waals surface area contributed by atoms with Gasteiger partial charge in [0.15, 0.2) is 5.78 Å². The maximum atomic E-state index is 12.2. The molecule has 1 atom stereocenters. The molecule has 0 radical (unpaired) electrons. The first-order chi connectivity index (χ1) is 9.39. The summed E-state index contributed by atoms with van der Waals surface area (Å²) in [7, 11) is 1.41. The Balaban J connectivity index is 1.97. The van der Waals surface area contributed by atoms with Gasteiger partial charge in [-0.3, -0.25) is 9.59 Å². The molecule has 0 fully saturated rings. The van der Waals surface area contributed by atoms with Gasteiger partial charge in [0.1, 0.15) is 11.4 Å². The molecule has 2 aliphatic rings. The molecular formula is C16H18O4. The minimum absolute atomic E-state index is 0.112. The molecule has 1 heterocycles. The summed E-state index contributed by atoms with van der Waals surface area (Å²) in [5, 5.41) is 0. The molecule has 1 unspecified atom stereocenters. The van der Waals surface area contributed by atoms with Gasteiger partial charge in [0, 0.05) is 0 Å². The smallest absolute Gasteiger partial charge is 0.309 e. The fourth-order valence-electron chi connectivity index (χ4n) is 3.10. The number of Topliss-reactive ketones (excluding diaryl/α,β-unsaturated/α-hetero) is 1. The number of carbonyl (C=O) groups excluding carboxylic acids is 2. The summed E-state index contributed by atoms with van der Waals surface area (Å²) in [6, 6.07) is 3.82. The Kier molecular flexibility index (Phi) is 2.85. The summed E-state index contributed by atoms with van der Waals surface area (Å²) < 4.78 is 10.7. The lowest BCUT2D eigenvalue weighted by Gasteiger charge is -2.32. The second-order valence-electron chi connectivity index (χ2n) is 6.21.